The van der Waals surface area contributed by atoms with Gasteiger partial charge in [0.2, 0.25) is 13.4 Å². The zero-order chi connectivity index (χ0) is 56.1. The van der Waals surface area contributed by atoms with Gasteiger partial charge in [-0.3, -0.25) is 0 Å². The molecule has 0 radical (unpaired) electrons. The van der Waals surface area contributed by atoms with Crippen molar-refractivity contribution in [1.29, 1.82) is 0 Å². The Hall–Kier alpha value is -4.40. The summed E-state index contributed by atoms with van der Waals surface area (Å²) in [4.78, 5) is 5.35. The van der Waals surface area contributed by atoms with Crippen LogP contribution in [0.25, 0.3) is 22.3 Å². The summed E-state index contributed by atoms with van der Waals surface area (Å²) in [5, 5.41) is 0. The van der Waals surface area contributed by atoms with E-state index in [-0.39, 0.29) is 67.9 Å². The molecular formula is C67H72B4BrLiO5S2. The molecule has 13 heteroatoms. The Morgan fingerprint density at radius 3 is 1.26 bits per heavy atom. The van der Waals surface area contributed by atoms with E-state index < -0.39 is 7.32 Å². The summed E-state index contributed by atoms with van der Waals surface area (Å²) in [6.45, 7) is 26.6. The van der Waals surface area contributed by atoms with Crippen LogP contribution in [0.1, 0.15) is 89.0 Å². The van der Waals surface area contributed by atoms with Gasteiger partial charge >= 0.3 is 33.3 Å². The van der Waals surface area contributed by atoms with Crippen LogP contribution in [0.4, 0.5) is 0 Å². The number of halogens is 1. The van der Waals surface area contributed by atoms with E-state index in [0.29, 0.717) is 0 Å². The van der Waals surface area contributed by atoms with Crippen molar-refractivity contribution in [1.82, 2.24) is 0 Å². The van der Waals surface area contributed by atoms with Gasteiger partial charge in [0.05, 0.1) is 22.4 Å². The van der Waals surface area contributed by atoms with Crippen molar-refractivity contribution >= 4 is 106 Å². The number of hydrogen-bond acceptors (Lipinski definition) is 7. The van der Waals surface area contributed by atoms with Gasteiger partial charge in [-0.2, -0.15) is 6.42 Å². The first kappa shape index (κ1) is 61.7. The van der Waals surface area contributed by atoms with Gasteiger partial charge in [-0.05, 0) is 133 Å². The number of unbranched alkanes of at least 4 members (excludes halogenated alkanes) is 1. The molecule has 2 fully saturated rings. The number of benzene rings is 8. The van der Waals surface area contributed by atoms with Crippen molar-refractivity contribution in [3.05, 3.63) is 206 Å². The Morgan fingerprint density at radius 1 is 0.450 bits per heavy atom. The molecule has 4 aliphatic rings. The second-order valence-corrected chi connectivity index (χ2v) is 25.9. The van der Waals surface area contributed by atoms with Crippen LogP contribution in [0.3, 0.4) is 0 Å². The van der Waals surface area contributed by atoms with Crippen molar-refractivity contribution in [3.63, 3.8) is 0 Å². The first-order valence-electron chi connectivity index (χ1n) is 27.7. The quantitative estimate of drug-likeness (QED) is 0.111. The third kappa shape index (κ3) is 14.0. The van der Waals surface area contributed by atoms with E-state index in [9.17, 15) is 0 Å². The van der Waals surface area contributed by atoms with Crippen LogP contribution in [-0.4, -0.2) is 56.4 Å². The van der Waals surface area contributed by atoms with E-state index in [4.69, 9.17) is 23.3 Å². The monoisotopic (exact) mass is 1150 g/mol. The molecule has 12 rings (SSSR count). The summed E-state index contributed by atoms with van der Waals surface area (Å²) in [6.07, 6.45) is 2.40. The SMILES string of the molecule is Brc1cccc(-c2ccc3c(c2)Sc2ccccc2B3c2ccccc2)c1.CC(C)OB1OC(C)(C)C(C)(C)O1.CC1(C)OB(c2cccc(-c3ccc4c(c3)Sc3ccccc3B4c3ccccc3)c2)OC1(C)C.[CH2-]CCC.[Li+]. The van der Waals surface area contributed by atoms with Gasteiger partial charge in [-0.15, -0.1) is 0 Å². The first-order chi connectivity index (χ1) is 37.8. The average Bonchev–Trinajstić information content (AvgIpc) is 3.80. The standard InChI is InChI=1S/C30H28B2O2S.C24H16BBrS.C9H19BO3.C4H9.Li/c1-29(2)30(3,4)34-32(33-29)24-14-10-11-21(19-24)22-17-18-26-28(20-22)35-27-16-9-8-15-25(27)31(26)23-12-6-5-7-13-23;26-20-10-6-7-17(15-20)18-13-14-22-24(16-18)27-23-12-5-4-11-21(23)25(22)19-8-2-1-3-9-19;1-7(2)11-10-12-8(3,4)9(5,6)13-10;1-3-4-2;/h5-20H,1-4H3;1-16H;7H,1-6H3;1,3-4H2,2H3;/q;;;-1;+1. The predicted octanol–water partition coefficient (Wildman–Crippen LogP) is 10.4. The third-order valence-corrected chi connectivity index (χ3v) is 18.5. The molecule has 4 aliphatic heterocycles. The molecule has 0 aromatic heterocycles. The minimum atomic E-state index is -0.523. The van der Waals surface area contributed by atoms with Gasteiger partial charge in [0, 0.05) is 30.2 Å². The minimum absolute atomic E-state index is 0. The molecular weight excluding hydrogens is 1080 g/mol. The summed E-state index contributed by atoms with van der Waals surface area (Å²) in [6, 6.07) is 70.2. The fourth-order valence-corrected chi connectivity index (χ4v) is 12.6. The Labute approximate surface area is 508 Å². The van der Waals surface area contributed by atoms with Gasteiger partial charge in [-0.1, -0.05) is 243 Å². The maximum absolute atomic E-state index is 6.31. The molecule has 0 aliphatic carbocycles. The Kier molecular flexibility index (Phi) is 20.4. The number of rotatable bonds is 8. The summed E-state index contributed by atoms with van der Waals surface area (Å²) in [7, 11) is -0.883. The molecule has 0 N–H and O–H groups in total. The minimum Gasteiger partial charge on any atom is -0.399 e. The van der Waals surface area contributed by atoms with Crippen molar-refractivity contribution < 1.29 is 42.1 Å². The largest absolute Gasteiger partial charge is 1.00 e. The molecule has 2 saturated heterocycles. The van der Waals surface area contributed by atoms with Crippen LogP contribution in [0, 0.1) is 6.92 Å². The molecule has 80 heavy (non-hydrogen) atoms. The summed E-state index contributed by atoms with van der Waals surface area (Å²) in [5.41, 5.74) is 12.9. The Morgan fingerprint density at radius 2 is 0.825 bits per heavy atom. The Bertz CT molecular complexity index is 3330. The van der Waals surface area contributed by atoms with E-state index in [2.05, 4.69) is 252 Å². The fourth-order valence-electron chi connectivity index (χ4n) is 9.87. The smallest absolute Gasteiger partial charge is 0.399 e. The van der Waals surface area contributed by atoms with Crippen LogP contribution in [0.15, 0.2) is 218 Å². The van der Waals surface area contributed by atoms with Crippen LogP contribution >= 0.6 is 39.5 Å². The predicted molar refractivity (Wildman–Crippen MR) is 343 cm³/mol. The molecule has 0 saturated carbocycles. The maximum Gasteiger partial charge on any atom is 1.00 e. The van der Waals surface area contributed by atoms with Crippen LogP contribution in [-0.2, 0) is 23.3 Å². The molecule has 4 heterocycles. The fraction of sp³-hybridized carbons (Fsp3) is 0.269. The molecule has 0 amide bonds. The first-order valence-corrected chi connectivity index (χ1v) is 30.1. The van der Waals surface area contributed by atoms with E-state index in [0.717, 1.165) is 16.4 Å². The van der Waals surface area contributed by atoms with Gasteiger partial charge in [0.25, 0.3) is 0 Å². The number of hydrogen-bond donors (Lipinski definition) is 0. The topological polar surface area (TPSA) is 46.2 Å². The van der Waals surface area contributed by atoms with Crippen molar-refractivity contribution in [2.24, 2.45) is 0 Å². The molecule has 0 unspecified atom stereocenters. The third-order valence-electron chi connectivity index (χ3n) is 15.7. The van der Waals surface area contributed by atoms with Crippen LogP contribution < -0.4 is 57.1 Å². The van der Waals surface area contributed by atoms with Crippen molar-refractivity contribution in [3.8, 4) is 22.3 Å². The maximum atomic E-state index is 6.31. The van der Waals surface area contributed by atoms with Gasteiger partial charge in [0.15, 0.2) is 0 Å². The molecule has 0 atom stereocenters. The van der Waals surface area contributed by atoms with E-state index in [1.54, 1.807) is 0 Å². The number of fused-ring (bicyclic) bond motifs is 4. The summed E-state index contributed by atoms with van der Waals surface area (Å²) in [5.74, 6) is 0. The van der Waals surface area contributed by atoms with E-state index in [1.165, 1.54) is 81.0 Å². The molecule has 402 valence electrons. The van der Waals surface area contributed by atoms with Gasteiger partial charge in [-0.25, -0.2) is 0 Å². The van der Waals surface area contributed by atoms with Gasteiger partial charge < -0.3 is 30.2 Å². The van der Waals surface area contributed by atoms with E-state index >= 15 is 0 Å². The zero-order valence-corrected chi connectivity index (χ0v) is 51.9. The van der Waals surface area contributed by atoms with Crippen LogP contribution in [0.2, 0.25) is 0 Å². The normalized spacial score (nSPS) is 16.5. The molecule has 5 nitrogen and oxygen atoms in total. The average molecular weight is 1150 g/mol. The second kappa shape index (κ2) is 26.5. The summed E-state index contributed by atoms with van der Waals surface area (Å²) >= 11 is 7.34. The molecule has 8 aromatic rings. The molecule has 8 aromatic carbocycles. The van der Waals surface area contributed by atoms with Crippen LogP contribution in [0.5, 0.6) is 0 Å². The molecule has 0 bridgehead atoms. The van der Waals surface area contributed by atoms with Crippen molar-refractivity contribution in [2.75, 3.05) is 0 Å². The second-order valence-electron chi connectivity index (χ2n) is 22.8. The van der Waals surface area contributed by atoms with Crippen molar-refractivity contribution in [2.45, 2.75) is 137 Å². The van der Waals surface area contributed by atoms with Gasteiger partial charge in [0.1, 0.15) is 0 Å². The molecule has 0 spiro atoms. The Balaban J connectivity index is 0.000000165. The summed E-state index contributed by atoms with van der Waals surface area (Å²) < 4.78 is 30.4. The van der Waals surface area contributed by atoms with E-state index in [1.807, 2.05) is 65.1 Å². The zero-order valence-electron chi connectivity index (χ0n) is 48.7.